The predicted octanol–water partition coefficient (Wildman–Crippen LogP) is 18.1. The summed E-state index contributed by atoms with van der Waals surface area (Å²) in [5.41, 5.74) is 0. The Morgan fingerprint density at radius 3 is 1.11 bits per heavy atom. The third-order valence-corrected chi connectivity index (χ3v) is 13.8. The Kier molecular flexibility index (Phi) is 54.0. The van der Waals surface area contributed by atoms with Crippen molar-refractivity contribution in [1.29, 1.82) is 0 Å². The van der Waals surface area contributed by atoms with E-state index in [1.54, 1.807) is 0 Å². The number of unbranched alkanes of at least 4 members (excludes halogenated alkanes) is 42. The van der Waals surface area contributed by atoms with Crippen molar-refractivity contribution in [3.8, 4) is 0 Å². The summed E-state index contributed by atoms with van der Waals surface area (Å²) < 4.78 is 5.45. The maximum atomic E-state index is 12.5. The molecule has 0 rings (SSSR count). The van der Waals surface area contributed by atoms with Crippen LogP contribution in [0, 0.1) is 0 Å². The largest absolute Gasteiger partial charge is 0.466 e. The molecule has 0 aromatic carbocycles. The maximum absolute atomic E-state index is 12.5. The number of carbonyl (C=O) groups is 2. The van der Waals surface area contributed by atoms with Crippen LogP contribution in [0.1, 0.15) is 328 Å². The average molecular weight is 919 g/mol. The van der Waals surface area contributed by atoms with Crippen LogP contribution < -0.4 is 5.32 Å². The third kappa shape index (κ3) is 51.8. The minimum absolute atomic E-state index is 0.0267. The minimum atomic E-state index is -0.680. The number of amides is 1. The topological polar surface area (TPSA) is 95.9 Å². The highest BCUT2D eigenvalue weighted by atomic mass is 16.5. The van der Waals surface area contributed by atoms with Gasteiger partial charge in [0.2, 0.25) is 5.91 Å². The molecule has 1 amide bonds. The Bertz CT molecular complexity index is 970. The van der Waals surface area contributed by atoms with Gasteiger partial charge >= 0.3 is 5.97 Å². The average Bonchev–Trinajstić information content (AvgIpc) is 3.31. The van der Waals surface area contributed by atoms with Gasteiger partial charge in [0.25, 0.3) is 0 Å². The van der Waals surface area contributed by atoms with Gasteiger partial charge in [-0.1, -0.05) is 276 Å². The van der Waals surface area contributed by atoms with Gasteiger partial charge in [-0.3, -0.25) is 9.59 Å². The number of aliphatic hydroxyl groups excluding tert-OH is 2. The number of ether oxygens (including phenoxy) is 1. The molecule has 3 N–H and O–H groups in total. The lowest BCUT2D eigenvalue weighted by atomic mass is 10.0. The lowest BCUT2D eigenvalue weighted by Gasteiger charge is -2.22. The minimum Gasteiger partial charge on any atom is -0.466 e. The van der Waals surface area contributed by atoms with E-state index in [0.717, 1.165) is 57.8 Å². The number of hydrogen-bond acceptors (Lipinski definition) is 5. The van der Waals surface area contributed by atoms with E-state index in [0.29, 0.717) is 25.9 Å². The first-order valence-corrected chi connectivity index (χ1v) is 29.4. The fraction of sp³-hybridized carbons (Fsp3) is 0.932. The molecule has 6 heteroatoms. The van der Waals surface area contributed by atoms with Crippen LogP contribution in [0.15, 0.2) is 12.2 Å². The summed E-state index contributed by atoms with van der Waals surface area (Å²) in [7, 11) is 0. The first kappa shape index (κ1) is 63.6. The summed E-state index contributed by atoms with van der Waals surface area (Å²) in [6, 6.07) is -0.559. The number of hydrogen-bond donors (Lipinski definition) is 3. The Labute approximate surface area is 406 Å². The second-order valence-electron chi connectivity index (χ2n) is 20.3. The highest BCUT2D eigenvalue weighted by Crippen LogP contribution is 2.18. The van der Waals surface area contributed by atoms with Gasteiger partial charge in [-0.15, -0.1) is 0 Å². The van der Waals surface area contributed by atoms with E-state index < -0.39 is 12.1 Å². The van der Waals surface area contributed by atoms with Crippen LogP contribution in [0.2, 0.25) is 0 Å². The van der Waals surface area contributed by atoms with Crippen molar-refractivity contribution in [2.75, 3.05) is 13.2 Å². The van der Waals surface area contributed by atoms with Crippen molar-refractivity contribution >= 4 is 11.9 Å². The lowest BCUT2D eigenvalue weighted by molar-refractivity contribution is -0.143. The summed E-state index contributed by atoms with van der Waals surface area (Å²) in [5, 5.41) is 23.3. The molecular formula is C59H115NO5. The van der Waals surface area contributed by atoms with E-state index in [1.165, 1.54) is 238 Å². The Morgan fingerprint density at radius 1 is 0.415 bits per heavy atom. The Balaban J connectivity index is 3.45. The standard InChI is InChI=1S/C59H115NO5/c1-3-5-7-9-11-13-15-17-18-19-20-21-22-23-24-25-26-27-28-30-31-35-39-43-47-51-57(62)56(55-61)60-58(63)52-48-44-40-36-33-34-38-42-46-50-54-65-59(64)53-49-45-41-37-32-29-16-14-12-10-8-6-4-2/h14,16,56-57,61-62H,3-13,15,17-55H2,1-2H3,(H,60,63)/b16-14-. The number of rotatable bonds is 55. The summed E-state index contributed by atoms with van der Waals surface area (Å²) in [4.78, 5) is 24.5. The summed E-state index contributed by atoms with van der Waals surface area (Å²) in [6.45, 7) is 4.91. The summed E-state index contributed by atoms with van der Waals surface area (Å²) in [5.74, 6) is -0.0811. The molecule has 0 bridgehead atoms. The molecule has 386 valence electrons. The highest BCUT2D eigenvalue weighted by molar-refractivity contribution is 5.76. The SMILES string of the molecule is CCCCCC/C=C\CCCCCCCC(=O)OCCCCCCCCCCCCC(=O)NC(CO)C(O)CCCCCCCCCCCCCCCCCCCCCCCCCCC. The lowest BCUT2D eigenvalue weighted by Crippen LogP contribution is -2.45. The van der Waals surface area contributed by atoms with Gasteiger partial charge in [0.05, 0.1) is 25.4 Å². The van der Waals surface area contributed by atoms with Crippen molar-refractivity contribution in [2.45, 2.75) is 341 Å². The molecule has 0 aromatic heterocycles. The van der Waals surface area contributed by atoms with E-state index in [2.05, 4.69) is 31.3 Å². The highest BCUT2D eigenvalue weighted by Gasteiger charge is 2.20. The molecule has 6 nitrogen and oxygen atoms in total. The maximum Gasteiger partial charge on any atom is 0.305 e. The molecular weight excluding hydrogens is 803 g/mol. The zero-order valence-electron chi connectivity index (χ0n) is 44.0. The number of allylic oxidation sites excluding steroid dienone is 2. The molecule has 0 heterocycles. The fourth-order valence-corrected chi connectivity index (χ4v) is 9.28. The van der Waals surface area contributed by atoms with Crippen molar-refractivity contribution in [3.63, 3.8) is 0 Å². The molecule has 0 saturated carbocycles. The molecule has 0 spiro atoms. The molecule has 0 saturated heterocycles. The molecule has 2 atom stereocenters. The number of esters is 1. The molecule has 65 heavy (non-hydrogen) atoms. The molecule has 0 aliphatic carbocycles. The van der Waals surface area contributed by atoms with Crippen molar-refractivity contribution in [2.24, 2.45) is 0 Å². The zero-order valence-corrected chi connectivity index (χ0v) is 44.0. The van der Waals surface area contributed by atoms with Crippen molar-refractivity contribution < 1.29 is 24.5 Å². The summed E-state index contributed by atoms with van der Waals surface area (Å²) in [6.07, 6.45) is 64.9. The second kappa shape index (κ2) is 55.2. The summed E-state index contributed by atoms with van der Waals surface area (Å²) >= 11 is 0. The molecule has 0 aromatic rings. The van der Waals surface area contributed by atoms with Gasteiger partial charge in [0.15, 0.2) is 0 Å². The third-order valence-electron chi connectivity index (χ3n) is 13.8. The van der Waals surface area contributed by atoms with Crippen LogP contribution in [0.5, 0.6) is 0 Å². The van der Waals surface area contributed by atoms with Crippen LogP contribution in [0.4, 0.5) is 0 Å². The molecule has 0 aliphatic heterocycles. The van der Waals surface area contributed by atoms with E-state index in [9.17, 15) is 19.8 Å². The van der Waals surface area contributed by atoms with E-state index >= 15 is 0 Å². The molecule has 2 unspecified atom stereocenters. The quantitative estimate of drug-likeness (QED) is 0.0321. The molecule has 0 radical (unpaired) electrons. The number of aliphatic hydroxyl groups is 2. The first-order chi connectivity index (χ1) is 32.0. The van der Waals surface area contributed by atoms with Crippen molar-refractivity contribution in [1.82, 2.24) is 5.32 Å². The Morgan fingerprint density at radius 2 is 0.723 bits per heavy atom. The fourth-order valence-electron chi connectivity index (χ4n) is 9.28. The number of nitrogens with one attached hydrogen (secondary N) is 1. The Hall–Kier alpha value is -1.40. The van der Waals surface area contributed by atoms with Gasteiger partial charge in [-0.2, -0.15) is 0 Å². The van der Waals surface area contributed by atoms with Gasteiger partial charge < -0.3 is 20.3 Å². The van der Waals surface area contributed by atoms with Crippen LogP contribution in [0.3, 0.4) is 0 Å². The predicted molar refractivity (Wildman–Crippen MR) is 283 cm³/mol. The van der Waals surface area contributed by atoms with Crippen LogP contribution in [-0.2, 0) is 14.3 Å². The van der Waals surface area contributed by atoms with Crippen molar-refractivity contribution in [3.05, 3.63) is 12.2 Å². The van der Waals surface area contributed by atoms with Crippen LogP contribution in [-0.4, -0.2) is 47.4 Å². The van der Waals surface area contributed by atoms with Gasteiger partial charge in [-0.25, -0.2) is 0 Å². The molecule has 0 aliphatic rings. The first-order valence-electron chi connectivity index (χ1n) is 29.4. The van der Waals surface area contributed by atoms with Gasteiger partial charge in [0.1, 0.15) is 0 Å². The van der Waals surface area contributed by atoms with Gasteiger partial charge in [0, 0.05) is 12.8 Å². The van der Waals surface area contributed by atoms with Crippen LogP contribution in [0.25, 0.3) is 0 Å². The second-order valence-corrected chi connectivity index (χ2v) is 20.3. The zero-order chi connectivity index (χ0) is 47.2. The van der Waals surface area contributed by atoms with Gasteiger partial charge in [-0.05, 0) is 51.4 Å². The van der Waals surface area contributed by atoms with E-state index in [4.69, 9.17) is 4.74 Å². The monoisotopic (exact) mass is 918 g/mol. The number of carbonyl (C=O) groups excluding carboxylic acids is 2. The van der Waals surface area contributed by atoms with E-state index in [-0.39, 0.29) is 18.5 Å². The smallest absolute Gasteiger partial charge is 0.305 e. The van der Waals surface area contributed by atoms with E-state index in [1.807, 2.05) is 0 Å². The normalized spacial score (nSPS) is 12.6. The van der Waals surface area contributed by atoms with Crippen LogP contribution >= 0.6 is 0 Å². The molecule has 0 fully saturated rings.